The quantitative estimate of drug-likeness (QED) is 0.383. The number of halogens is 1. The van der Waals surface area contributed by atoms with Crippen LogP contribution in [0.15, 0.2) is 59.7 Å². The molecule has 0 saturated heterocycles. The zero-order valence-electron chi connectivity index (χ0n) is 21.4. The van der Waals surface area contributed by atoms with Crippen molar-refractivity contribution >= 4 is 11.9 Å². The summed E-state index contributed by atoms with van der Waals surface area (Å²) in [5.41, 5.74) is 1.42. The smallest absolute Gasteiger partial charge is 0.298 e. The van der Waals surface area contributed by atoms with Crippen LogP contribution in [0, 0.1) is 12.7 Å². The van der Waals surface area contributed by atoms with Gasteiger partial charge in [-0.15, -0.1) is 0 Å². The molecule has 1 N–H and O–H groups in total. The van der Waals surface area contributed by atoms with Crippen LogP contribution in [0.4, 0.5) is 10.3 Å². The molecule has 4 aromatic rings. The van der Waals surface area contributed by atoms with Crippen molar-refractivity contribution in [2.45, 2.75) is 46.5 Å². The minimum Gasteiger partial charge on any atom is -0.481 e. The van der Waals surface area contributed by atoms with Crippen LogP contribution in [0.25, 0.3) is 5.69 Å². The van der Waals surface area contributed by atoms with E-state index in [-0.39, 0.29) is 30.6 Å². The average Bonchev–Trinajstić information content (AvgIpc) is 3.54. The first-order chi connectivity index (χ1) is 18.3. The highest BCUT2D eigenvalue weighted by molar-refractivity contribution is 5.95. The second-order valence-electron chi connectivity index (χ2n) is 9.28. The van der Waals surface area contributed by atoms with Crippen LogP contribution in [0.2, 0.25) is 0 Å². The molecule has 38 heavy (non-hydrogen) atoms. The van der Waals surface area contributed by atoms with Gasteiger partial charge >= 0.3 is 0 Å². The number of rotatable bonds is 8. The lowest BCUT2D eigenvalue weighted by Gasteiger charge is -2.22. The number of aryl methyl sites for hydroxylation is 1. The van der Waals surface area contributed by atoms with Crippen molar-refractivity contribution in [3.63, 3.8) is 0 Å². The van der Waals surface area contributed by atoms with Gasteiger partial charge in [-0.05, 0) is 44.0 Å². The Hall–Kier alpha value is -4.54. The molecule has 0 radical (unpaired) electrons. The largest absolute Gasteiger partial charge is 0.481 e. The van der Waals surface area contributed by atoms with Gasteiger partial charge < -0.3 is 15.0 Å². The van der Waals surface area contributed by atoms with Crippen LogP contribution in [0.3, 0.4) is 0 Å². The van der Waals surface area contributed by atoms with E-state index in [0.717, 1.165) is 5.56 Å². The number of benzene rings is 2. The SMILES string of the molecule is Cc1ncnn1-c1cc(F)ccc1CNC(=O)c1nc2n(c(=O)c1OCc1ccccc1)CCN2C(C)C. The molecule has 196 valence electrons. The molecule has 1 amide bonds. The molecular weight excluding hydrogens is 489 g/mol. The predicted molar refractivity (Wildman–Crippen MR) is 139 cm³/mol. The summed E-state index contributed by atoms with van der Waals surface area (Å²) >= 11 is 0. The molecule has 0 fully saturated rings. The third kappa shape index (κ3) is 4.86. The number of amides is 1. The molecule has 1 aliphatic rings. The normalized spacial score (nSPS) is 12.6. The molecular formula is C27H28FN7O3. The fraction of sp³-hybridized carbons (Fsp3) is 0.296. The Balaban J connectivity index is 1.47. The fourth-order valence-electron chi connectivity index (χ4n) is 4.44. The number of aromatic nitrogens is 5. The molecule has 5 rings (SSSR count). The van der Waals surface area contributed by atoms with E-state index in [1.54, 1.807) is 17.6 Å². The average molecular weight is 518 g/mol. The number of ether oxygens (including phenoxy) is 1. The van der Waals surface area contributed by atoms with Crippen molar-refractivity contribution in [3.8, 4) is 11.4 Å². The molecule has 0 bridgehead atoms. The highest BCUT2D eigenvalue weighted by Crippen LogP contribution is 2.24. The van der Waals surface area contributed by atoms with Gasteiger partial charge in [0.15, 0.2) is 5.69 Å². The lowest BCUT2D eigenvalue weighted by atomic mass is 10.1. The van der Waals surface area contributed by atoms with Gasteiger partial charge in [0, 0.05) is 25.7 Å². The van der Waals surface area contributed by atoms with Crippen molar-refractivity contribution in [2.24, 2.45) is 0 Å². The van der Waals surface area contributed by atoms with Crippen LogP contribution < -0.4 is 20.5 Å². The Morgan fingerprint density at radius 3 is 2.66 bits per heavy atom. The second kappa shape index (κ2) is 10.4. The highest BCUT2D eigenvalue weighted by atomic mass is 19.1. The summed E-state index contributed by atoms with van der Waals surface area (Å²) in [6.45, 7) is 6.98. The number of nitrogens with zero attached hydrogens (tertiary/aromatic N) is 6. The third-order valence-corrected chi connectivity index (χ3v) is 6.43. The zero-order chi connectivity index (χ0) is 26.8. The molecule has 10 nitrogen and oxygen atoms in total. The summed E-state index contributed by atoms with van der Waals surface area (Å²) in [6.07, 6.45) is 1.38. The Kier molecular flexibility index (Phi) is 6.91. The summed E-state index contributed by atoms with van der Waals surface area (Å²) in [4.78, 5) is 37.6. The number of hydrogen-bond donors (Lipinski definition) is 1. The molecule has 0 atom stereocenters. The maximum atomic E-state index is 14.1. The number of carbonyl (C=O) groups is 1. The van der Waals surface area contributed by atoms with E-state index in [9.17, 15) is 14.0 Å². The predicted octanol–water partition coefficient (Wildman–Crippen LogP) is 3.01. The van der Waals surface area contributed by atoms with Crippen LogP contribution in [0.1, 0.15) is 41.3 Å². The summed E-state index contributed by atoms with van der Waals surface area (Å²) in [6, 6.07) is 13.7. The van der Waals surface area contributed by atoms with Crippen molar-refractivity contribution in [2.75, 3.05) is 11.4 Å². The monoisotopic (exact) mass is 517 g/mol. The van der Waals surface area contributed by atoms with Gasteiger partial charge in [0.05, 0.1) is 5.69 Å². The number of nitrogens with one attached hydrogen (secondary N) is 1. The van der Waals surface area contributed by atoms with Gasteiger partial charge in [-0.25, -0.2) is 19.0 Å². The Labute approximate surface area is 218 Å². The molecule has 2 aromatic heterocycles. The third-order valence-electron chi connectivity index (χ3n) is 6.43. The molecule has 0 unspecified atom stereocenters. The van der Waals surface area contributed by atoms with Crippen molar-refractivity contribution in [3.05, 3.63) is 93.7 Å². The van der Waals surface area contributed by atoms with Crippen LogP contribution in [-0.4, -0.2) is 42.8 Å². The number of anilines is 1. The van der Waals surface area contributed by atoms with E-state index >= 15 is 0 Å². The van der Waals surface area contributed by atoms with E-state index in [4.69, 9.17) is 4.74 Å². The van der Waals surface area contributed by atoms with Crippen molar-refractivity contribution in [1.29, 1.82) is 0 Å². The van der Waals surface area contributed by atoms with Crippen LogP contribution >= 0.6 is 0 Å². The number of carbonyl (C=O) groups excluding carboxylic acids is 1. The minimum absolute atomic E-state index is 0.0415. The minimum atomic E-state index is -0.574. The van der Waals surface area contributed by atoms with E-state index < -0.39 is 17.3 Å². The van der Waals surface area contributed by atoms with Gasteiger partial charge in [-0.1, -0.05) is 36.4 Å². The molecule has 1 aliphatic heterocycles. The van der Waals surface area contributed by atoms with Gasteiger partial charge in [0.2, 0.25) is 11.7 Å². The van der Waals surface area contributed by atoms with Crippen molar-refractivity contribution < 1.29 is 13.9 Å². The molecule has 2 aromatic carbocycles. The fourth-order valence-corrected chi connectivity index (χ4v) is 4.44. The Morgan fingerprint density at radius 2 is 1.95 bits per heavy atom. The molecule has 0 spiro atoms. The standard InChI is InChI=1S/C27H28FN7O3/c1-17(2)33-11-12-34-26(37)24(38-15-19-7-5-4-6-8-19)23(32-27(33)34)25(36)29-14-20-9-10-21(28)13-22(20)35-18(3)30-16-31-35/h4-10,13,16-17H,11-12,14-15H2,1-3H3,(H,29,36). The molecule has 3 heterocycles. The lowest BCUT2D eigenvalue weighted by Crippen LogP contribution is -2.33. The van der Waals surface area contributed by atoms with Crippen LogP contribution in [0.5, 0.6) is 5.75 Å². The summed E-state index contributed by atoms with van der Waals surface area (Å²) in [5, 5.41) is 6.99. The maximum Gasteiger partial charge on any atom is 0.298 e. The van der Waals surface area contributed by atoms with Crippen LogP contribution in [-0.2, 0) is 19.7 Å². The topological polar surface area (TPSA) is 107 Å². The number of hydrogen-bond acceptors (Lipinski definition) is 7. The first kappa shape index (κ1) is 25.1. The van der Waals surface area contributed by atoms with E-state index in [0.29, 0.717) is 36.1 Å². The molecule has 11 heteroatoms. The summed E-state index contributed by atoms with van der Waals surface area (Å²) in [5.74, 6) is -0.115. The van der Waals surface area contributed by atoms with E-state index in [1.807, 2.05) is 49.1 Å². The van der Waals surface area contributed by atoms with Crippen molar-refractivity contribution in [1.82, 2.24) is 29.6 Å². The zero-order valence-corrected chi connectivity index (χ0v) is 21.4. The molecule has 0 aliphatic carbocycles. The molecule has 0 saturated carbocycles. The second-order valence-corrected chi connectivity index (χ2v) is 9.28. The van der Waals surface area contributed by atoms with Gasteiger partial charge in [-0.2, -0.15) is 5.10 Å². The lowest BCUT2D eigenvalue weighted by molar-refractivity contribution is 0.0940. The Bertz CT molecular complexity index is 1530. The van der Waals surface area contributed by atoms with E-state index in [2.05, 4.69) is 20.4 Å². The van der Waals surface area contributed by atoms with Gasteiger partial charge in [0.1, 0.15) is 24.6 Å². The Morgan fingerprint density at radius 1 is 1.16 bits per heavy atom. The first-order valence-electron chi connectivity index (χ1n) is 12.4. The van der Waals surface area contributed by atoms with E-state index in [1.165, 1.54) is 23.1 Å². The highest BCUT2D eigenvalue weighted by Gasteiger charge is 2.30. The summed E-state index contributed by atoms with van der Waals surface area (Å²) < 4.78 is 23.0. The van der Waals surface area contributed by atoms with Gasteiger partial charge in [-0.3, -0.25) is 14.2 Å². The maximum absolute atomic E-state index is 14.1. The first-order valence-corrected chi connectivity index (χ1v) is 12.4. The van der Waals surface area contributed by atoms with Gasteiger partial charge in [0.25, 0.3) is 11.5 Å². The summed E-state index contributed by atoms with van der Waals surface area (Å²) in [7, 11) is 0. The number of fused-ring (bicyclic) bond motifs is 1.